The number of likely N-dealkylation sites (tertiary alicyclic amines) is 1. The third-order valence-corrected chi connectivity index (χ3v) is 5.10. The van der Waals surface area contributed by atoms with Crippen molar-refractivity contribution in [2.24, 2.45) is 4.99 Å². The van der Waals surface area contributed by atoms with Crippen molar-refractivity contribution in [3.05, 3.63) is 29.8 Å². The average Bonchev–Trinajstić information content (AvgIpc) is 2.71. The predicted molar refractivity (Wildman–Crippen MR) is 132 cm³/mol. The monoisotopic (exact) mass is 518 g/mol. The van der Waals surface area contributed by atoms with Crippen LogP contribution in [-0.2, 0) is 11.3 Å². The molecule has 0 saturated carbocycles. The number of nitrogens with one attached hydrogen (secondary N) is 2. The molecule has 2 rings (SSSR count). The molecule has 0 aliphatic carbocycles. The van der Waals surface area contributed by atoms with Crippen molar-refractivity contribution < 1.29 is 9.47 Å². The highest BCUT2D eigenvalue weighted by Crippen LogP contribution is 2.16. The second-order valence-corrected chi connectivity index (χ2v) is 7.34. The summed E-state index contributed by atoms with van der Waals surface area (Å²) in [5.74, 6) is 1.75. The van der Waals surface area contributed by atoms with Crippen molar-refractivity contribution in [1.82, 2.24) is 15.5 Å². The summed E-state index contributed by atoms with van der Waals surface area (Å²) in [4.78, 5) is 7.32. The summed E-state index contributed by atoms with van der Waals surface area (Å²) in [6, 6.07) is 8.83. The zero-order valence-corrected chi connectivity index (χ0v) is 20.6. The van der Waals surface area contributed by atoms with Gasteiger partial charge >= 0.3 is 0 Å². The molecule has 1 aliphatic heterocycles. The molecule has 1 heterocycles. The molecular formula is C22H39IN4O2. The highest BCUT2D eigenvalue weighted by Gasteiger charge is 2.17. The molecule has 1 unspecified atom stereocenters. The van der Waals surface area contributed by atoms with Gasteiger partial charge in [-0.15, -0.1) is 24.0 Å². The number of nitrogens with zero attached hydrogens (tertiary/aromatic N) is 2. The number of benzene rings is 1. The SMILES string of the molecule is CCNC(=NCc1ccc(OCCOC)cc1)NCCCN1CCCCC1C.I. The third-order valence-electron chi connectivity index (χ3n) is 5.10. The van der Waals surface area contributed by atoms with Crippen LogP contribution in [0.3, 0.4) is 0 Å². The summed E-state index contributed by atoms with van der Waals surface area (Å²) in [6.45, 7) is 10.5. The zero-order chi connectivity index (χ0) is 20.0. The van der Waals surface area contributed by atoms with E-state index in [9.17, 15) is 0 Å². The van der Waals surface area contributed by atoms with Gasteiger partial charge in [0.25, 0.3) is 0 Å². The summed E-state index contributed by atoms with van der Waals surface area (Å²) in [7, 11) is 1.68. The van der Waals surface area contributed by atoms with Gasteiger partial charge in [0, 0.05) is 32.8 Å². The number of rotatable bonds is 11. The van der Waals surface area contributed by atoms with Gasteiger partial charge in [0.1, 0.15) is 12.4 Å². The fourth-order valence-electron chi connectivity index (χ4n) is 3.42. The lowest BCUT2D eigenvalue weighted by atomic mass is 10.0. The lowest BCUT2D eigenvalue weighted by Gasteiger charge is -2.33. The fourth-order valence-corrected chi connectivity index (χ4v) is 3.42. The minimum atomic E-state index is 0. The second kappa shape index (κ2) is 15.7. The van der Waals surface area contributed by atoms with Crippen molar-refractivity contribution in [3.63, 3.8) is 0 Å². The van der Waals surface area contributed by atoms with Gasteiger partial charge in [-0.2, -0.15) is 0 Å². The molecule has 29 heavy (non-hydrogen) atoms. The van der Waals surface area contributed by atoms with E-state index in [0.29, 0.717) is 19.8 Å². The van der Waals surface area contributed by atoms with E-state index < -0.39 is 0 Å². The van der Waals surface area contributed by atoms with Gasteiger partial charge in [0.15, 0.2) is 5.96 Å². The quantitative estimate of drug-likeness (QED) is 0.203. The molecule has 1 aliphatic rings. The van der Waals surface area contributed by atoms with Gasteiger partial charge < -0.3 is 25.0 Å². The summed E-state index contributed by atoms with van der Waals surface area (Å²) >= 11 is 0. The van der Waals surface area contributed by atoms with E-state index in [1.165, 1.54) is 31.4 Å². The van der Waals surface area contributed by atoms with Crippen LogP contribution in [0.2, 0.25) is 0 Å². The van der Waals surface area contributed by atoms with Gasteiger partial charge in [-0.3, -0.25) is 0 Å². The van der Waals surface area contributed by atoms with Crippen molar-refractivity contribution in [3.8, 4) is 5.75 Å². The minimum absolute atomic E-state index is 0. The highest BCUT2D eigenvalue weighted by molar-refractivity contribution is 14.0. The lowest BCUT2D eigenvalue weighted by Crippen LogP contribution is -2.41. The molecule has 0 radical (unpaired) electrons. The van der Waals surface area contributed by atoms with Crippen LogP contribution in [0.1, 0.15) is 45.1 Å². The zero-order valence-electron chi connectivity index (χ0n) is 18.3. The van der Waals surface area contributed by atoms with Crippen LogP contribution in [0, 0.1) is 0 Å². The minimum Gasteiger partial charge on any atom is -0.491 e. The highest BCUT2D eigenvalue weighted by atomic mass is 127. The number of hydrogen-bond acceptors (Lipinski definition) is 4. The van der Waals surface area contributed by atoms with E-state index in [0.717, 1.165) is 43.8 Å². The van der Waals surface area contributed by atoms with Crippen LogP contribution < -0.4 is 15.4 Å². The molecule has 1 aromatic rings. The van der Waals surface area contributed by atoms with E-state index in [1.807, 2.05) is 12.1 Å². The van der Waals surface area contributed by atoms with Crippen molar-refractivity contribution in [1.29, 1.82) is 0 Å². The predicted octanol–water partition coefficient (Wildman–Crippen LogP) is 3.65. The first-order valence-corrected chi connectivity index (χ1v) is 10.7. The Hall–Kier alpha value is -1.06. The smallest absolute Gasteiger partial charge is 0.191 e. The number of aliphatic imine (C=N–C) groups is 1. The first kappa shape index (κ1) is 26.0. The summed E-state index contributed by atoms with van der Waals surface area (Å²) in [6.07, 6.45) is 5.21. The van der Waals surface area contributed by atoms with E-state index >= 15 is 0 Å². The number of ether oxygens (including phenoxy) is 2. The third kappa shape index (κ3) is 10.5. The maximum atomic E-state index is 5.60. The van der Waals surface area contributed by atoms with Gasteiger partial charge in [0.05, 0.1) is 13.2 Å². The number of halogens is 1. The van der Waals surface area contributed by atoms with Crippen LogP contribution in [0.15, 0.2) is 29.3 Å². The Balaban J connectivity index is 0.00000420. The molecule has 0 aromatic heterocycles. The molecular weight excluding hydrogens is 479 g/mol. The van der Waals surface area contributed by atoms with Crippen molar-refractivity contribution >= 4 is 29.9 Å². The van der Waals surface area contributed by atoms with E-state index in [1.54, 1.807) is 7.11 Å². The molecule has 1 fully saturated rings. The molecule has 0 bridgehead atoms. The average molecular weight is 518 g/mol. The molecule has 0 spiro atoms. The first-order chi connectivity index (χ1) is 13.7. The Bertz CT molecular complexity index is 568. The van der Waals surface area contributed by atoms with Crippen molar-refractivity contribution in [2.45, 2.75) is 52.1 Å². The van der Waals surface area contributed by atoms with Crippen LogP contribution in [-0.4, -0.2) is 63.4 Å². The summed E-state index contributed by atoms with van der Waals surface area (Å²) in [5, 5.41) is 6.80. The number of methoxy groups -OCH3 is 1. The van der Waals surface area contributed by atoms with E-state index in [4.69, 9.17) is 14.5 Å². The lowest BCUT2D eigenvalue weighted by molar-refractivity contribution is 0.146. The Morgan fingerprint density at radius 3 is 2.66 bits per heavy atom. The van der Waals surface area contributed by atoms with E-state index in [-0.39, 0.29) is 24.0 Å². The van der Waals surface area contributed by atoms with Crippen LogP contribution in [0.25, 0.3) is 0 Å². The Morgan fingerprint density at radius 2 is 1.97 bits per heavy atom. The largest absolute Gasteiger partial charge is 0.491 e. The molecule has 1 saturated heterocycles. The maximum Gasteiger partial charge on any atom is 0.191 e. The fraction of sp³-hybridized carbons (Fsp3) is 0.682. The molecule has 2 N–H and O–H groups in total. The molecule has 1 aromatic carbocycles. The molecule has 0 amide bonds. The van der Waals surface area contributed by atoms with Gasteiger partial charge in [-0.05, 0) is 57.4 Å². The number of hydrogen-bond donors (Lipinski definition) is 2. The standard InChI is InChI=1S/C22H38N4O2.HI/c1-4-23-22(24-13-7-15-26-14-6-5-8-19(26)2)25-18-20-9-11-21(12-10-20)28-17-16-27-3;/h9-12,19H,4-8,13-18H2,1-3H3,(H2,23,24,25);1H. The number of guanidine groups is 1. The van der Waals surface area contributed by atoms with Crippen LogP contribution in [0.5, 0.6) is 5.75 Å². The second-order valence-electron chi connectivity index (χ2n) is 7.34. The summed E-state index contributed by atoms with van der Waals surface area (Å²) < 4.78 is 10.6. The molecule has 6 nitrogen and oxygen atoms in total. The topological polar surface area (TPSA) is 58.1 Å². The molecule has 1 atom stereocenters. The van der Waals surface area contributed by atoms with Crippen LogP contribution in [0.4, 0.5) is 0 Å². The maximum absolute atomic E-state index is 5.60. The molecule has 7 heteroatoms. The van der Waals surface area contributed by atoms with Crippen molar-refractivity contribution in [2.75, 3.05) is 46.5 Å². The number of piperidine rings is 1. The van der Waals surface area contributed by atoms with E-state index in [2.05, 4.69) is 41.5 Å². The van der Waals surface area contributed by atoms with Gasteiger partial charge in [0.2, 0.25) is 0 Å². The Kier molecular flexibility index (Phi) is 14.1. The van der Waals surface area contributed by atoms with Gasteiger partial charge in [-0.25, -0.2) is 4.99 Å². The van der Waals surface area contributed by atoms with Crippen LogP contribution >= 0.6 is 24.0 Å². The molecule has 166 valence electrons. The summed E-state index contributed by atoms with van der Waals surface area (Å²) in [5.41, 5.74) is 1.17. The Labute approximate surface area is 193 Å². The first-order valence-electron chi connectivity index (χ1n) is 10.7. The Morgan fingerprint density at radius 1 is 1.17 bits per heavy atom. The van der Waals surface area contributed by atoms with Gasteiger partial charge in [-0.1, -0.05) is 18.6 Å². The normalized spacial score (nSPS) is 17.5.